The lowest BCUT2D eigenvalue weighted by Crippen LogP contribution is -2.18. The van der Waals surface area contributed by atoms with E-state index in [-0.39, 0.29) is 0 Å². The zero-order valence-corrected chi connectivity index (χ0v) is 7.42. The molecule has 0 bridgehead atoms. The second-order valence-corrected chi connectivity index (χ2v) is 3.61. The standard InChI is InChI=1S/C9H19NO/c1-10-6-2-3-9(4-7-10)5-8-11/h9,11H,2-8H2,1H3. The van der Waals surface area contributed by atoms with Crippen LogP contribution in [0.2, 0.25) is 0 Å². The molecule has 1 unspecified atom stereocenters. The van der Waals surface area contributed by atoms with E-state index >= 15 is 0 Å². The van der Waals surface area contributed by atoms with Crippen molar-refractivity contribution >= 4 is 0 Å². The predicted octanol–water partition coefficient (Wildman–Crippen LogP) is 1.10. The van der Waals surface area contributed by atoms with Gasteiger partial charge in [-0.15, -0.1) is 0 Å². The quantitative estimate of drug-likeness (QED) is 0.649. The molecule has 0 aromatic heterocycles. The van der Waals surface area contributed by atoms with E-state index in [4.69, 9.17) is 5.11 Å². The fraction of sp³-hybridized carbons (Fsp3) is 1.00. The Labute approximate surface area is 69.2 Å². The minimum Gasteiger partial charge on any atom is -0.396 e. The normalized spacial score (nSPS) is 28.4. The first-order valence-corrected chi connectivity index (χ1v) is 4.62. The number of likely N-dealkylation sites (tertiary alicyclic amines) is 1. The summed E-state index contributed by atoms with van der Waals surface area (Å²) in [7, 11) is 2.18. The second kappa shape index (κ2) is 4.73. The maximum absolute atomic E-state index is 8.76. The highest BCUT2D eigenvalue weighted by molar-refractivity contribution is 4.67. The molecule has 1 saturated heterocycles. The molecule has 1 fully saturated rings. The van der Waals surface area contributed by atoms with Crippen molar-refractivity contribution in [2.75, 3.05) is 26.7 Å². The van der Waals surface area contributed by atoms with Crippen LogP contribution in [0.4, 0.5) is 0 Å². The molecule has 0 saturated carbocycles. The van der Waals surface area contributed by atoms with Gasteiger partial charge in [-0.05, 0) is 51.7 Å². The molecule has 1 aliphatic heterocycles. The zero-order valence-electron chi connectivity index (χ0n) is 7.42. The van der Waals surface area contributed by atoms with Crippen LogP contribution in [0.3, 0.4) is 0 Å². The van der Waals surface area contributed by atoms with Crippen molar-refractivity contribution in [2.24, 2.45) is 5.92 Å². The van der Waals surface area contributed by atoms with Crippen LogP contribution in [0, 0.1) is 5.92 Å². The molecular weight excluding hydrogens is 138 g/mol. The molecule has 1 atom stereocenters. The monoisotopic (exact) mass is 157 g/mol. The Hall–Kier alpha value is -0.0800. The Morgan fingerprint density at radius 1 is 1.36 bits per heavy atom. The second-order valence-electron chi connectivity index (χ2n) is 3.61. The first-order valence-electron chi connectivity index (χ1n) is 4.62. The maximum Gasteiger partial charge on any atom is 0.0433 e. The van der Waals surface area contributed by atoms with Gasteiger partial charge in [0.1, 0.15) is 0 Å². The van der Waals surface area contributed by atoms with Gasteiger partial charge in [-0.25, -0.2) is 0 Å². The highest BCUT2D eigenvalue weighted by Crippen LogP contribution is 2.19. The number of nitrogens with zero attached hydrogens (tertiary/aromatic N) is 1. The predicted molar refractivity (Wildman–Crippen MR) is 46.5 cm³/mol. The fourth-order valence-electron chi connectivity index (χ4n) is 1.78. The van der Waals surface area contributed by atoms with E-state index < -0.39 is 0 Å². The lowest BCUT2D eigenvalue weighted by atomic mass is 9.98. The van der Waals surface area contributed by atoms with E-state index in [0.29, 0.717) is 6.61 Å². The molecule has 1 aliphatic rings. The number of hydrogen-bond acceptors (Lipinski definition) is 2. The molecule has 0 aromatic carbocycles. The molecule has 66 valence electrons. The van der Waals surface area contributed by atoms with Gasteiger partial charge in [0.05, 0.1) is 0 Å². The van der Waals surface area contributed by atoms with Crippen LogP contribution >= 0.6 is 0 Å². The number of hydrogen-bond donors (Lipinski definition) is 1. The minimum absolute atomic E-state index is 0.369. The van der Waals surface area contributed by atoms with E-state index in [1.54, 1.807) is 0 Å². The Balaban J connectivity index is 2.22. The van der Waals surface area contributed by atoms with Crippen molar-refractivity contribution in [1.82, 2.24) is 4.90 Å². The summed E-state index contributed by atoms with van der Waals surface area (Å²) in [6.07, 6.45) is 4.90. The summed E-state index contributed by atoms with van der Waals surface area (Å²) in [5.74, 6) is 0.782. The summed E-state index contributed by atoms with van der Waals surface area (Å²) in [6.45, 7) is 2.82. The van der Waals surface area contributed by atoms with Gasteiger partial charge in [0, 0.05) is 6.61 Å². The topological polar surface area (TPSA) is 23.5 Å². The van der Waals surface area contributed by atoms with Gasteiger partial charge >= 0.3 is 0 Å². The Bertz CT molecular complexity index is 106. The first kappa shape index (κ1) is 9.01. The smallest absolute Gasteiger partial charge is 0.0433 e. The van der Waals surface area contributed by atoms with Crippen LogP contribution in [-0.4, -0.2) is 36.8 Å². The summed E-state index contributed by atoms with van der Waals surface area (Å²) < 4.78 is 0. The Kier molecular flexibility index (Phi) is 3.87. The third-order valence-electron chi connectivity index (χ3n) is 2.61. The average Bonchev–Trinajstić information content (AvgIpc) is 2.17. The van der Waals surface area contributed by atoms with Crippen molar-refractivity contribution in [3.8, 4) is 0 Å². The van der Waals surface area contributed by atoms with Crippen LogP contribution in [0.15, 0.2) is 0 Å². The molecule has 0 radical (unpaired) electrons. The molecule has 2 nitrogen and oxygen atoms in total. The molecule has 0 amide bonds. The van der Waals surface area contributed by atoms with Gasteiger partial charge in [0.2, 0.25) is 0 Å². The van der Waals surface area contributed by atoms with Gasteiger partial charge in [0.25, 0.3) is 0 Å². The van der Waals surface area contributed by atoms with Crippen molar-refractivity contribution in [3.63, 3.8) is 0 Å². The largest absolute Gasteiger partial charge is 0.396 e. The van der Waals surface area contributed by atoms with Crippen LogP contribution in [0.5, 0.6) is 0 Å². The third kappa shape index (κ3) is 3.21. The van der Waals surface area contributed by atoms with Crippen molar-refractivity contribution in [2.45, 2.75) is 25.7 Å². The summed E-state index contributed by atoms with van der Waals surface area (Å²) in [6, 6.07) is 0. The Morgan fingerprint density at radius 3 is 2.91 bits per heavy atom. The lowest BCUT2D eigenvalue weighted by molar-refractivity contribution is 0.246. The van der Waals surface area contributed by atoms with E-state index in [2.05, 4.69) is 11.9 Å². The minimum atomic E-state index is 0.369. The van der Waals surface area contributed by atoms with Gasteiger partial charge in [0.15, 0.2) is 0 Å². The van der Waals surface area contributed by atoms with Crippen LogP contribution in [-0.2, 0) is 0 Å². The SMILES string of the molecule is CN1CCCC(CCO)CC1. The summed E-state index contributed by atoms with van der Waals surface area (Å²) in [4.78, 5) is 2.39. The Morgan fingerprint density at radius 2 is 2.18 bits per heavy atom. The highest BCUT2D eigenvalue weighted by Gasteiger charge is 2.13. The van der Waals surface area contributed by atoms with E-state index in [9.17, 15) is 0 Å². The number of aliphatic hydroxyl groups excluding tert-OH is 1. The highest BCUT2D eigenvalue weighted by atomic mass is 16.3. The van der Waals surface area contributed by atoms with Crippen molar-refractivity contribution in [3.05, 3.63) is 0 Å². The summed E-state index contributed by atoms with van der Waals surface area (Å²) in [5, 5.41) is 8.76. The van der Waals surface area contributed by atoms with Gasteiger partial charge in [-0.2, -0.15) is 0 Å². The van der Waals surface area contributed by atoms with Gasteiger partial charge in [-0.3, -0.25) is 0 Å². The molecular formula is C9H19NO. The van der Waals surface area contributed by atoms with Gasteiger partial charge in [-0.1, -0.05) is 0 Å². The van der Waals surface area contributed by atoms with Gasteiger partial charge < -0.3 is 10.0 Å². The van der Waals surface area contributed by atoms with Crippen LogP contribution in [0.1, 0.15) is 25.7 Å². The van der Waals surface area contributed by atoms with Crippen molar-refractivity contribution < 1.29 is 5.11 Å². The molecule has 0 aliphatic carbocycles. The summed E-state index contributed by atoms with van der Waals surface area (Å²) in [5.41, 5.74) is 0. The van der Waals surface area contributed by atoms with E-state index in [0.717, 1.165) is 12.3 Å². The maximum atomic E-state index is 8.76. The van der Waals surface area contributed by atoms with E-state index in [1.165, 1.54) is 32.4 Å². The van der Waals surface area contributed by atoms with E-state index in [1.807, 2.05) is 0 Å². The molecule has 1 rings (SSSR count). The molecule has 1 N–H and O–H groups in total. The van der Waals surface area contributed by atoms with Crippen molar-refractivity contribution in [1.29, 1.82) is 0 Å². The van der Waals surface area contributed by atoms with Crippen LogP contribution < -0.4 is 0 Å². The molecule has 0 spiro atoms. The first-order chi connectivity index (χ1) is 5.33. The average molecular weight is 157 g/mol. The number of aliphatic hydroxyl groups is 1. The lowest BCUT2D eigenvalue weighted by Gasteiger charge is -2.13. The third-order valence-corrected chi connectivity index (χ3v) is 2.61. The number of rotatable bonds is 2. The van der Waals surface area contributed by atoms with Crippen LogP contribution in [0.25, 0.3) is 0 Å². The molecule has 2 heteroatoms. The molecule has 0 aromatic rings. The molecule has 11 heavy (non-hydrogen) atoms. The zero-order chi connectivity index (χ0) is 8.10. The fourth-order valence-corrected chi connectivity index (χ4v) is 1.78. The summed E-state index contributed by atoms with van der Waals surface area (Å²) >= 11 is 0. The molecule has 1 heterocycles.